The van der Waals surface area contributed by atoms with E-state index in [1.807, 2.05) is 0 Å². The van der Waals surface area contributed by atoms with Gasteiger partial charge in [0.1, 0.15) is 11.9 Å². The summed E-state index contributed by atoms with van der Waals surface area (Å²) < 4.78 is 6.36. The van der Waals surface area contributed by atoms with Crippen molar-refractivity contribution in [3.8, 4) is 5.75 Å². The predicted octanol–water partition coefficient (Wildman–Crippen LogP) is 4.19. The maximum absolute atomic E-state index is 6.36. The van der Waals surface area contributed by atoms with Crippen LogP contribution >= 0.6 is 0 Å². The van der Waals surface area contributed by atoms with Crippen LogP contribution in [-0.4, -0.2) is 43.2 Å². The fourth-order valence-electron chi connectivity index (χ4n) is 5.20. The molecule has 3 aliphatic heterocycles. The third-order valence-corrected chi connectivity index (χ3v) is 6.66. The molecule has 3 heterocycles. The first-order valence-corrected chi connectivity index (χ1v) is 10.5. The van der Waals surface area contributed by atoms with Crippen LogP contribution in [0.1, 0.15) is 63.4 Å². The normalized spacial score (nSPS) is 31.5. The van der Waals surface area contributed by atoms with Crippen molar-refractivity contribution in [2.24, 2.45) is 5.92 Å². The molecule has 1 aromatic carbocycles. The lowest BCUT2D eigenvalue weighted by Gasteiger charge is -2.30. The average Bonchev–Trinajstić information content (AvgIpc) is 3.11. The maximum atomic E-state index is 6.36. The second-order valence-corrected chi connectivity index (χ2v) is 8.32. The van der Waals surface area contributed by atoms with E-state index in [4.69, 9.17) is 4.74 Å². The Labute approximate surface area is 153 Å². The minimum Gasteiger partial charge on any atom is -0.490 e. The quantitative estimate of drug-likeness (QED) is 0.868. The van der Waals surface area contributed by atoms with E-state index in [9.17, 15) is 0 Å². The zero-order valence-electron chi connectivity index (χ0n) is 15.8. The van der Waals surface area contributed by atoms with Gasteiger partial charge in [-0.05, 0) is 75.2 Å². The highest BCUT2D eigenvalue weighted by atomic mass is 16.5. The number of hydrogen-bond donors (Lipinski definition) is 1. The molecular weight excluding hydrogens is 308 g/mol. The third kappa shape index (κ3) is 4.03. The molecule has 4 rings (SSSR count). The Morgan fingerprint density at radius 3 is 2.76 bits per heavy atom. The molecule has 0 spiro atoms. The lowest BCUT2D eigenvalue weighted by Crippen LogP contribution is -2.39. The van der Waals surface area contributed by atoms with Gasteiger partial charge in [0.15, 0.2) is 0 Å². The first-order chi connectivity index (χ1) is 12.3. The summed E-state index contributed by atoms with van der Waals surface area (Å²) in [6, 6.07) is 9.92. The van der Waals surface area contributed by atoms with Crippen LogP contribution in [0.5, 0.6) is 5.75 Å². The van der Waals surface area contributed by atoms with Crippen LogP contribution < -0.4 is 10.1 Å². The Morgan fingerprint density at radius 2 is 2.04 bits per heavy atom. The Morgan fingerprint density at radius 1 is 1.16 bits per heavy atom. The highest BCUT2D eigenvalue weighted by Crippen LogP contribution is 2.36. The molecule has 4 unspecified atom stereocenters. The van der Waals surface area contributed by atoms with Gasteiger partial charge in [0.05, 0.1) is 0 Å². The smallest absolute Gasteiger partial charge is 0.119 e. The van der Waals surface area contributed by atoms with Crippen molar-refractivity contribution < 1.29 is 4.74 Å². The van der Waals surface area contributed by atoms with Gasteiger partial charge in [0.2, 0.25) is 0 Å². The molecule has 0 amide bonds. The molecule has 3 saturated heterocycles. The first kappa shape index (κ1) is 17.4. The number of ether oxygens (including phenoxy) is 1. The number of rotatable bonds is 5. The number of nitrogens with zero attached hydrogens (tertiary/aromatic N) is 1. The van der Waals surface area contributed by atoms with E-state index < -0.39 is 0 Å². The summed E-state index contributed by atoms with van der Waals surface area (Å²) in [7, 11) is 0. The van der Waals surface area contributed by atoms with Gasteiger partial charge in [-0.25, -0.2) is 0 Å². The van der Waals surface area contributed by atoms with Gasteiger partial charge >= 0.3 is 0 Å². The SMILES string of the molecule is CCC(Oc1ccc(C2CC3CCCCN3C2)cc1)C1CCCNC1. The standard InChI is InChI=1S/C22H34N2O/c1-2-22(18-6-5-12-23-15-18)25-21-10-8-17(9-11-21)19-14-20-7-3-4-13-24(20)16-19/h8-11,18-20,22-23H,2-7,12-16H2,1H3. The molecule has 3 aliphatic rings. The van der Waals surface area contributed by atoms with Gasteiger partial charge in [-0.15, -0.1) is 0 Å². The molecule has 1 aromatic rings. The molecule has 3 fully saturated rings. The fourth-order valence-corrected chi connectivity index (χ4v) is 5.20. The molecule has 4 atom stereocenters. The third-order valence-electron chi connectivity index (χ3n) is 6.66. The molecule has 3 heteroatoms. The van der Waals surface area contributed by atoms with Gasteiger partial charge in [-0.3, -0.25) is 4.90 Å². The van der Waals surface area contributed by atoms with Gasteiger partial charge in [-0.1, -0.05) is 25.5 Å². The number of hydrogen-bond acceptors (Lipinski definition) is 3. The topological polar surface area (TPSA) is 24.5 Å². The predicted molar refractivity (Wildman–Crippen MR) is 103 cm³/mol. The average molecular weight is 343 g/mol. The summed E-state index contributed by atoms with van der Waals surface area (Å²) in [5, 5.41) is 3.52. The van der Waals surface area contributed by atoms with Gasteiger partial charge in [-0.2, -0.15) is 0 Å². The fraction of sp³-hybridized carbons (Fsp3) is 0.727. The van der Waals surface area contributed by atoms with Crippen LogP contribution in [0.2, 0.25) is 0 Å². The second-order valence-electron chi connectivity index (χ2n) is 8.32. The summed E-state index contributed by atoms with van der Waals surface area (Å²) >= 11 is 0. The molecule has 0 radical (unpaired) electrons. The van der Waals surface area contributed by atoms with Gasteiger partial charge < -0.3 is 10.1 Å². The van der Waals surface area contributed by atoms with Crippen molar-refractivity contribution in [1.29, 1.82) is 0 Å². The largest absolute Gasteiger partial charge is 0.490 e. The monoisotopic (exact) mass is 342 g/mol. The van der Waals surface area contributed by atoms with Crippen LogP contribution in [0.4, 0.5) is 0 Å². The molecule has 0 bridgehead atoms. The lowest BCUT2D eigenvalue weighted by atomic mass is 9.92. The summed E-state index contributed by atoms with van der Waals surface area (Å²) in [6.07, 6.45) is 9.59. The van der Waals surface area contributed by atoms with Crippen LogP contribution in [0.25, 0.3) is 0 Å². The zero-order chi connectivity index (χ0) is 17.1. The number of benzene rings is 1. The van der Waals surface area contributed by atoms with Crippen LogP contribution in [0.3, 0.4) is 0 Å². The van der Waals surface area contributed by atoms with E-state index in [0.717, 1.165) is 30.7 Å². The van der Waals surface area contributed by atoms with Crippen molar-refractivity contribution >= 4 is 0 Å². The van der Waals surface area contributed by atoms with E-state index in [0.29, 0.717) is 12.0 Å². The molecule has 0 aliphatic carbocycles. The van der Waals surface area contributed by atoms with Crippen molar-refractivity contribution in [2.75, 3.05) is 26.2 Å². The highest BCUT2D eigenvalue weighted by molar-refractivity contribution is 5.31. The van der Waals surface area contributed by atoms with Gasteiger partial charge in [0.25, 0.3) is 0 Å². The van der Waals surface area contributed by atoms with E-state index in [-0.39, 0.29) is 0 Å². The highest BCUT2D eigenvalue weighted by Gasteiger charge is 2.34. The zero-order valence-corrected chi connectivity index (χ0v) is 15.8. The summed E-state index contributed by atoms with van der Waals surface area (Å²) in [6.45, 7) is 7.10. The lowest BCUT2D eigenvalue weighted by molar-refractivity contribution is 0.111. The Bertz CT molecular complexity index is 523. The molecule has 0 saturated carbocycles. The van der Waals surface area contributed by atoms with E-state index in [1.165, 1.54) is 63.7 Å². The molecule has 138 valence electrons. The first-order valence-electron chi connectivity index (χ1n) is 10.5. The van der Waals surface area contributed by atoms with Crippen molar-refractivity contribution in [3.63, 3.8) is 0 Å². The maximum Gasteiger partial charge on any atom is 0.119 e. The minimum absolute atomic E-state index is 0.346. The van der Waals surface area contributed by atoms with Crippen LogP contribution in [0.15, 0.2) is 24.3 Å². The van der Waals surface area contributed by atoms with E-state index >= 15 is 0 Å². The minimum atomic E-state index is 0.346. The number of fused-ring (bicyclic) bond motifs is 1. The van der Waals surface area contributed by atoms with Crippen molar-refractivity contribution in [1.82, 2.24) is 10.2 Å². The van der Waals surface area contributed by atoms with E-state index in [1.54, 1.807) is 0 Å². The number of piperidine rings is 2. The molecule has 3 nitrogen and oxygen atoms in total. The Kier molecular flexibility index (Phi) is 5.62. The molecule has 25 heavy (non-hydrogen) atoms. The summed E-state index contributed by atoms with van der Waals surface area (Å²) in [5.74, 6) is 2.43. The van der Waals surface area contributed by atoms with Gasteiger partial charge in [0, 0.05) is 25.0 Å². The van der Waals surface area contributed by atoms with Crippen molar-refractivity contribution in [3.05, 3.63) is 29.8 Å². The van der Waals surface area contributed by atoms with Crippen molar-refractivity contribution in [2.45, 2.75) is 69.9 Å². The molecular formula is C22H34N2O. The van der Waals surface area contributed by atoms with Crippen LogP contribution in [0, 0.1) is 5.92 Å². The second kappa shape index (κ2) is 8.09. The summed E-state index contributed by atoms with van der Waals surface area (Å²) in [4.78, 5) is 2.72. The Balaban J connectivity index is 1.36. The molecule has 0 aromatic heterocycles. The molecule has 1 N–H and O–H groups in total. The summed E-state index contributed by atoms with van der Waals surface area (Å²) in [5.41, 5.74) is 1.51. The Hall–Kier alpha value is -1.06. The van der Waals surface area contributed by atoms with E-state index in [2.05, 4.69) is 41.4 Å². The van der Waals surface area contributed by atoms with Crippen LogP contribution in [-0.2, 0) is 0 Å². The number of nitrogens with one attached hydrogen (secondary N) is 1.